The average molecular weight is 448 g/mol. The number of piperazine rings is 1. The molecule has 1 saturated heterocycles. The highest BCUT2D eigenvalue weighted by Crippen LogP contribution is 2.22. The molecule has 0 unspecified atom stereocenters. The van der Waals surface area contributed by atoms with Gasteiger partial charge in [-0.05, 0) is 42.5 Å². The molecule has 1 aliphatic heterocycles. The smallest absolute Gasteiger partial charge is 0.252 e. The van der Waals surface area contributed by atoms with E-state index in [1.54, 1.807) is 17.8 Å². The second kappa shape index (κ2) is 10.3. The van der Waals surface area contributed by atoms with Crippen molar-refractivity contribution in [3.05, 3.63) is 59.7 Å². The van der Waals surface area contributed by atoms with Gasteiger partial charge in [-0.1, -0.05) is 31.2 Å². The van der Waals surface area contributed by atoms with Gasteiger partial charge in [0.2, 0.25) is 10.0 Å². The molecular formula is C22H29N3O3S2. The zero-order chi connectivity index (χ0) is 21.6. The summed E-state index contributed by atoms with van der Waals surface area (Å²) in [6, 6.07) is 15.6. The summed E-state index contributed by atoms with van der Waals surface area (Å²) in [6.07, 6.45) is 0. The molecule has 0 atom stereocenters. The standard InChI is InChI=1S/C22H29N3O3S2/c1-3-29-21-10-5-4-9-20(21)22(26)23-11-16-30(27,28)25-14-12-24(13-15-25)19-8-6-7-18(2)17-19/h4-10,17H,3,11-16H2,1-2H3,(H,23,26). The molecule has 1 fully saturated rings. The van der Waals surface area contributed by atoms with E-state index < -0.39 is 10.0 Å². The number of nitrogens with one attached hydrogen (secondary N) is 1. The van der Waals surface area contributed by atoms with Crippen molar-refractivity contribution in [1.82, 2.24) is 9.62 Å². The second-order valence-corrected chi connectivity index (χ2v) is 10.6. The second-order valence-electron chi connectivity index (χ2n) is 7.23. The molecule has 3 rings (SSSR count). The van der Waals surface area contributed by atoms with E-state index in [4.69, 9.17) is 0 Å². The van der Waals surface area contributed by atoms with Gasteiger partial charge >= 0.3 is 0 Å². The lowest BCUT2D eigenvalue weighted by atomic mass is 10.2. The summed E-state index contributed by atoms with van der Waals surface area (Å²) < 4.78 is 27.0. The zero-order valence-corrected chi connectivity index (χ0v) is 19.1. The van der Waals surface area contributed by atoms with Gasteiger partial charge in [-0.2, -0.15) is 4.31 Å². The first-order valence-electron chi connectivity index (χ1n) is 10.2. The summed E-state index contributed by atoms with van der Waals surface area (Å²) in [7, 11) is -3.41. The highest BCUT2D eigenvalue weighted by Gasteiger charge is 2.27. The molecule has 1 amide bonds. The predicted molar refractivity (Wildman–Crippen MR) is 124 cm³/mol. The lowest BCUT2D eigenvalue weighted by Crippen LogP contribution is -2.50. The fourth-order valence-electron chi connectivity index (χ4n) is 3.50. The van der Waals surface area contributed by atoms with Crippen LogP contribution in [0.25, 0.3) is 0 Å². The van der Waals surface area contributed by atoms with Crippen LogP contribution < -0.4 is 10.2 Å². The van der Waals surface area contributed by atoms with Crippen LogP contribution in [0.1, 0.15) is 22.8 Å². The first-order chi connectivity index (χ1) is 14.4. The molecule has 30 heavy (non-hydrogen) atoms. The lowest BCUT2D eigenvalue weighted by Gasteiger charge is -2.35. The number of rotatable bonds is 8. The fraction of sp³-hybridized carbons (Fsp3) is 0.409. The Balaban J connectivity index is 1.51. The monoisotopic (exact) mass is 447 g/mol. The summed E-state index contributed by atoms with van der Waals surface area (Å²) in [5.41, 5.74) is 2.91. The Morgan fingerprint density at radius 2 is 1.80 bits per heavy atom. The number of anilines is 1. The first-order valence-corrected chi connectivity index (χ1v) is 12.8. The van der Waals surface area contributed by atoms with Crippen molar-refractivity contribution in [2.45, 2.75) is 18.7 Å². The number of amides is 1. The average Bonchev–Trinajstić information content (AvgIpc) is 2.74. The minimum Gasteiger partial charge on any atom is -0.369 e. The molecule has 1 aliphatic rings. The molecule has 0 aliphatic carbocycles. The number of benzene rings is 2. The van der Waals surface area contributed by atoms with E-state index in [2.05, 4.69) is 35.3 Å². The molecule has 0 spiro atoms. The Kier molecular flexibility index (Phi) is 7.80. The summed E-state index contributed by atoms with van der Waals surface area (Å²) in [4.78, 5) is 15.6. The Hall–Kier alpha value is -2.03. The molecule has 1 N–H and O–H groups in total. The molecule has 2 aromatic carbocycles. The summed E-state index contributed by atoms with van der Waals surface area (Å²) in [5.74, 6) is 0.547. The van der Waals surface area contributed by atoms with Gasteiger partial charge in [-0.15, -0.1) is 11.8 Å². The van der Waals surface area contributed by atoms with Gasteiger partial charge < -0.3 is 10.2 Å². The third kappa shape index (κ3) is 5.77. The number of thioether (sulfide) groups is 1. The van der Waals surface area contributed by atoms with Gasteiger partial charge in [-0.25, -0.2) is 8.42 Å². The van der Waals surface area contributed by atoms with Crippen LogP contribution in [0.3, 0.4) is 0 Å². The van der Waals surface area contributed by atoms with Crippen molar-refractivity contribution < 1.29 is 13.2 Å². The molecule has 0 radical (unpaired) electrons. The van der Waals surface area contributed by atoms with Crippen LogP contribution >= 0.6 is 11.8 Å². The third-order valence-electron chi connectivity index (χ3n) is 5.08. The Morgan fingerprint density at radius 1 is 1.07 bits per heavy atom. The van der Waals surface area contributed by atoms with Crippen molar-refractivity contribution in [2.75, 3.05) is 49.1 Å². The van der Waals surface area contributed by atoms with E-state index in [1.807, 2.05) is 31.2 Å². The largest absolute Gasteiger partial charge is 0.369 e. The van der Waals surface area contributed by atoms with Gasteiger partial charge in [0.25, 0.3) is 5.91 Å². The normalized spacial score (nSPS) is 15.2. The molecule has 0 bridgehead atoms. The van der Waals surface area contributed by atoms with Crippen molar-refractivity contribution in [1.29, 1.82) is 0 Å². The van der Waals surface area contributed by atoms with Crippen LogP contribution in [0, 0.1) is 6.92 Å². The summed E-state index contributed by atoms with van der Waals surface area (Å²) in [6.45, 7) is 6.43. The van der Waals surface area contributed by atoms with Gasteiger partial charge in [-0.3, -0.25) is 4.79 Å². The molecule has 1 heterocycles. The van der Waals surface area contributed by atoms with Gasteiger partial charge in [0.05, 0.1) is 11.3 Å². The molecule has 2 aromatic rings. The maximum Gasteiger partial charge on any atom is 0.252 e. The van der Waals surface area contributed by atoms with E-state index in [1.165, 1.54) is 9.87 Å². The lowest BCUT2D eigenvalue weighted by molar-refractivity contribution is 0.0953. The number of nitrogens with zero attached hydrogens (tertiary/aromatic N) is 2. The number of carbonyl (C=O) groups is 1. The Labute approximate surface area is 183 Å². The van der Waals surface area contributed by atoms with Crippen LogP contribution in [-0.4, -0.2) is 62.9 Å². The van der Waals surface area contributed by atoms with Crippen molar-refractivity contribution >= 4 is 33.4 Å². The summed E-state index contributed by atoms with van der Waals surface area (Å²) in [5, 5.41) is 2.77. The predicted octanol–water partition coefficient (Wildman–Crippen LogP) is 2.99. The van der Waals surface area contributed by atoms with E-state index in [0.717, 1.165) is 16.3 Å². The van der Waals surface area contributed by atoms with E-state index in [-0.39, 0.29) is 18.2 Å². The van der Waals surface area contributed by atoms with Gasteiger partial charge in [0.15, 0.2) is 0 Å². The molecule has 162 valence electrons. The van der Waals surface area contributed by atoms with E-state index in [9.17, 15) is 13.2 Å². The highest BCUT2D eigenvalue weighted by molar-refractivity contribution is 7.99. The minimum absolute atomic E-state index is 0.0910. The number of aryl methyl sites for hydroxylation is 1. The van der Waals surface area contributed by atoms with E-state index >= 15 is 0 Å². The van der Waals surface area contributed by atoms with Crippen LogP contribution in [0.15, 0.2) is 53.4 Å². The molecule has 0 saturated carbocycles. The molecule has 0 aromatic heterocycles. The summed E-state index contributed by atoms with van der Waals surface area (Å²) >= 11 is 1.60. The molecular weight excluding hydrogens is 418 g/mol. The van der Waals surface area contributed by atoms with Gasteiger partial charge in [0, 0.05) is 43.3 Å². The maximum absolute atomic E-state index is 12.7. The topological polar surface area (TPSA) is 69.7 Å². The van der Waals surface area contributed by atoms with Crippen LogP contribution in [-0.2, 0) is 10.0 Å². The molecule has 8 heteroatoms. The minimum atomic E-state index is -3.41. The number of hydrogen-bond acceptors (Lipinski definition) is 5. The Bertz CT molecular complexity index is 971. The number of sulfonamides is 1. The van der Waals surface area contributed by atoms with Crippen LogP contribution in [0.5, 0.6) is 0 Å². The zero-order valence-electron chi connectivity index (χ0n) is 17.5. The van der Waals surface area contributed by atoms with Crippen LogP contribution in [0.4, 0.5) is 5.69 Å². The first kappa shape index (κ1) is 22.7. The maximum atomic E-state index is 12.7. The van der Waals surface area contributed by atoms with Crippen molar-refractivity contribution in [3.8, 4) is 0 Å². The van der Waals surface area contributed by atoms with Gasteiger partial charge in [0.1, 0.15) is 0 Å². The number of hydrogen-bond donors (Lipinski definition) is 1. The number of carbonyl (C=O) groups excluding carboxylic acids is 1. The Morgan fingerprint density at radius 3 is 2.50 bits per heavy atom. The molecule has 6 nitrogen and oxygen atoms in total. The van der Waals surface area contributed by atoms with Crippen molar-refractivity contribution in [2.24, 2.45) is 0 Å². The fourth-order valence-corrected chi connectivity index (χ4v) is 5.64. The van der Waals surface area contributed by atoms with Crippen LogP contribution in [0.2, 0.25) is 0 Å². The van der Waals surface area contributed by atoms with Crippen molar-refractivity contribution in [3.63, 3.8) is 0 Å². The quantitative estimate of drug-likeness (QED) is 0.630. The van der Waals surface area contributed by atoms with E-state index in [0.29, 0.717) is 31.7 Å². The highest BCUT2D eigenvalue weighted by atomic mass is 32.2. The SMILES string of the molecule is CCSc1ccccc1C(=O)NCCS(=O)(=O)N1CCN(c2cccc(C)c2)CC1. The third-order valence-corrected chi connectivity index (χ3v) is 7.90.